The molecule has 0 radical (unpaired) electrons. The van der Waals surface area contributed by atoms with Crippen LogP contribution >= 0.6 is 0 Å². The molecule has 0 saturated heterocycles. The highest BCUT2D eigenvalue weighted by molar-refractivity contribution is 5.95. The Morgan fingerprint density at radius 2 is 2.00 bits per heavy atom. The molecule has 1 N–H and O–H groups in total. The molecule has 6 nitrogen and oxygen atoms in total. The van der Waals surface area contributed by atoms with Crippen molar-refractivity contribution in [1.82, 2.24) is 14.6 Å². The molecular weight excluding hydrogens is 380 g/mol. The number of fused-ring (bicyclic) bond motifs is 1. The van der Waals surface area contributed by atoms with Crippen LogP contribution < -0.4 is 5.56 Å². The first-order chi connectivity index (χ1) is 13.9. The monoisotopic (exact) mass is 399 g/mol. The zero-order valence-electron chi connectivity index (χ0n) is 15.7. The molecule has 0 aliphatic heterocycles. The number of hydrogen-bond donors (Lipinski definition) is 1. The van der Waals surface area contributed by atoms with E-state index < -0.39 is 11.9 Å². The molecule has 0 saturated carbocycles. The van der Waals surface area contributed by atoms with Gasteiger partial charge in [-0.3, -0.25) is 4.79 Å². The molecule has 2 aromatic heterocycles. The molecule has 4 rings (SSSR count). The highest BCUT2D eigenvalue weighted by atomic mass is 19.3. The van der Waals surface area contributed by atoms with Crippen LogP contribution in [0.25, 0.3) is 22.5 Å². The van der Waals surface area contributed by atoms with Gasteiger partial charge in [-0.15, -0.1) is 0 Å². The fraction of sp³-hybridized carbons (Fsp3) is 0.286. The van der Waals surface area contributed by atoms with Crippen LogP contribution in [0, 0.1) is 0 Å². The second kappa shape index (κ2) is 7.27. The number of alkyl halides is 2. The molecule has 1 aliphatic rings. The number of nitrogens with one attached hydrogen (secondary N) is 1. The van der Waals surface area contributed by atoms with E-state index in [1.165, 1.54) is 12.3 Å². The SMILES string of the molecule is CCOC(=O)c1cnn2c(=O)cc(-c3ccc(C4=CCC(F)(F)CC4)cc3)[nH]c12. The minimum atomic E-state index is -2.62. The Bertz CT molecular complexity index is 1160. The predicted octanol–water partition coefficient (Wildman–Crippen LogP) is 4.07. The van der Waals surface area contributed by atoms with Gasteiger partial charge in [-0.2, -0.15) is 9.61 Å². The summed E-state index contributed by atoms with van der Waals surface area (Å²) in [5.41, 5.74) is 3.07. The van der Waals surface area contributed by atoms with Crippen molar-refractivity contribution in [3.63, 3.8) is 0 Å². The molecule has 0 spiro atoms. The molecule has 0 unspecified atom stereocenters. The van der Waals surface area contributed by atoms with E-state index in [0.29, 0.717) is 12.1 Å². The van der Waals surface area contributed by atoms with Gasteiger partial charge in [0, 0.05) is 18.9 Å². The Morgan fingerprint density at radius 3 is 2.66 bits per heavy atom. The van der Waals surface area contributed by atoms with Crippen molar-refractivity contribution < 1.29 is 18.3 Å². The maximum absolute atomic E-state index is 13.3. The van der Waals surface area contributed by atoms with Crippen molar-refractivity contribution >= 4 is 17.2 Å². The van der Waals surface area contributed by atoms with E-state index in [4.69, 9.17) is 4.74 Å². The van der Waals surface area contributed by atoms with E-state index in [1.54, 1.807) is 13.0 Å². The summed E-state index contributed by atoms with van der Waals surface area (Å²) in [5, 5.41) is 3.95. The van der Waals surface area contributed by atoms with Crippen molar-refractivity contribution in [1.29, 1.82) is 0 Å². The summed E-state index contributed by atoms with van der Waals surface area (Å²) < 4.78 is 32.8. The quantitative estimate of drug-likeness (QED) is 0.671. The molecule has 0 fully saturated rings. The zero-order chi connectivity index (χ0) is 20.6. The molecule has 29 heavy (non-hydrogen) atoms. The van der Waals surface area contributed by atoms with Gasteiger partial charge in [-0.25, -0.2) is 13.6 Å². The molecule has 0 atom stereocenters. The van der Waals surface area contributed by atoms with E-state index in [9.17, 15) is 18.4 Å². The van der Waals surface area contributed by atoms with E-state index in [1.807, 2.05) is 24.3 Å². The van der Waals surface area contributed by atoms with Crippen LogP contribution in [0.15, 0.2) is 47.4 Å². The summed E-state index contributed by atoms with van der Waals surface area (Å²) >= 11 is 0. The van der Waals surface area contributed by atoms with Gasteiger partial charge in [0.2, 0.25) is 0 Å². The first-order valence-corrected chi connectivity index (χ1v) is 9.34. The van der Waals surface area contributed by atoms with E-state index in [-0.39, 0.29) is 36.2 Å². The van der Waals surface area contributed by atoms with Crippen molar-refractivity contribution in [3.8, 4) is 11.3 Å². The Labute approximate surface area is 164 Å². The maximum atomic E-state index is 13.3. The van der Waals surface area contributed by atoms with E-state index >= 15 is 0 Å². The first kappa shape index (κ1) is 19.0. The Kier molecular flexibility index (Phi) is 4.77. The second-order valence-electron chi connectivity index (χ2n) is 6.93. The maximum Gasteiger partial charge on any atom is 0.343 e. The topological polar surface area (TPSA) is 76.5 Å². The second-order valence-corrected chi connectivity index (χ2v) is 6.93. The van der Waals surface area contributed by atoms with Gasteiger partial charge in [-0.05, 0) is 30.0 Å². The van der Waals surface area contributed by atoms with Crippen LogP contribution in [-0.2, 0) is 4.74 Å². The molecule has 1 aliphatic carbocycles. The lowest BCUT2D eigenvalue weighted by molar-refractivity contribution is -0.00603. The van der Waals surface area contributed by atoms with Gasteiger partial charge in [0.25, 0.3) is 11.5 Å². The number of H-pyrrole nitrogens is 1. The number of nitrogens with zero attached hydrogens (tertiary/aromatic N) is 2. The smallest absolute Gasteiger partial charge is 0.343 e. The number of allylic oxidation sites excluding steroid dienone is 2. The number of rotatable bonds is 4. The fourth-order valence-electron chi connectivity index (χ4n) is 3.42. The minimum absolute atomic E-state index is 0.150. The molecule has 3 aromatic rings. The van der Waals surface area contributed by atoms with E-state index in [0.717, 1.165) is 21.2 Å². The standard InChI is InChI=1S/C21H19F2N3O3/c1-2-29-20(28)16-12-24-26-18(27)11-17(25-19(16)26)15-5-3-13(4-6-15)14-7-9-21(22,23)10-8-14/h3-7,11-12,25H,2,8-10H2,1H3. The average molecular weight is 399 g/mol. The van der Waals surface area contributed by atoms with Gasteiger partial charge in [0.05, 0.1) is 18.5 Å². The van der Waals surface area contributed by atoms with Crippen molar-refractivity contribution in [2.45, 2.75) is 32.1 Å². The highest BCUT2D eigenvalue weighted by Crippen LogP contribution is 2.36. The fourth-order valence-corrected chi connectivity index (χ4v) is 3.42. The lowest BCUT2D eigenvalue weighted by Gasteiger charge is -2.21. The Hall–Kier alpha value is -3.29. The lowest BCUT2D eigenvalue weighted by Crippen LogP contribution is -2.18. The lowest BCUT2D eigenvalue weighted by atomic mass is 9.91. The third kappa shape index (κ3) is 3.70. The molecule has 0 amide bonds. The molecular formula is C21H19F2N3O3. The van der Waals surface area contributed by atoms with Crippen molar-refractivity contribution in [3.05, 3.63) is 64.1 Å². The number of aromatic amines is 1. The number of halogens is 2. The molecule has 1 aromatic carbocycles. The van der Waals surface area contributed by atoms with Crippen LogP contribution in [0.4, 0.5) is 8.78 Å². The van der Waals surface area contributed by atoms with Gasteiger partial charge in [0.15, 0.2) is 5.65 Å². The Morgan fingerprint density at radius 1 is 1.28 bits per heavy atom. The number of esters is 1. The summed E-state index contributed by atoms with van der Waals surface area (Å²) in [4.78, 5) is 27.5. The predicted molar refractivity (Wildman–Crippen MR) is 104 cm³/mol. The number of carbonyl (C=O) groups excluding carboxylic acids is 1. The number of benzene rings is 1. The third-order valence-electron chi connectivity index (χ3n) is 4.97. The van der Waals surface area contributed by atoms with Gasteiger partial charge in [0.1, 0.15) is 5.56 Å². The first-order valence-electron chi connectivity index (χ1n) is 9.34. The van der Waals surface area contributed by atoms with Gasteiger partial charge >= 0.3 is 5.97 Å². The van der Waals surface area contributed by atoms with Crippen molar-refractivity contribution in [2.75, 3.05) is 6.61 Å². The summed E-state index contributed by atoms with van der Waals surface area (Å²) in [7, 11) is 0. The van der Waals surface area contributed by atoms with Crippen LogP contribution in [0.2, 0.25) is 0 Å². The number of ether oxygens (including phenoxy) is 1. The average Bonchev–Trinajstić information content (AvgIpc) is 3.13. The molecule has 150 valence electrons. The number of aromatic nitrogens is 3. The normalized spacial score (nSPS) is 15.9. The zero-order valence-corrected chi connectivity index (χ0v) is 15.7. The highest BCUT2D eigenvalue weighted by Gasteiger charge is 2.31. The molecule has 0 bridgehead atoms. The minimum Gasteiger partial charge on any atom is -0.462 e. The van der Waals surface area contributed by atoms with Gasteiger partial charge < -0.3 is 9.72 Å². The molecule has 2 heterocycles. The third-order valence-corrected chi connectivity index (χ3v) is 4.97. The number of hydrogen-bond acceptors (Lipinski definition) is 4. The van der Waals surface area contributed by atoms with Crippen LogP contribution in [0.3, 0.4) is 0 Å². The summed E-state index contributed by atoms with van der Waals surface area (Å²) in [6, 6.07) is 8.70. The summed E-state index contributed by atoms with van der Waals surface area (Å²) in [5.74, 6) is -3.19. The summed E-state index contributed by atoms with van der Waals surface area (Å²) in [6.07, 6.45) is 2.82. The molecule has 8 heteroatoms. The largest absolute Gasteiger partial charge is 0.462 e. The Balaban J connectivity index is 1.68. The van der Waals surface area contributed by atoms with Crippen LogP contribution in [0.5, 0.6) is 0 Å². The number of carbonyl (C=O) groups is 1. The van der Waals surface area contributed by atoms with Gasteiger partial charge in [-0.1, -0.05) is 30.3 Å². The van der Waals surface area contributed by atoms with Crippen molar-refractivity contribution in [2.24, 2.45) is 0 Å². The van der Waals surface area contributed by atoms with E-state index in [2.05, 4.69) is 10.1 Å². The van der Waals surface area contributed by atoms with Crippen LogP contribution in [-0.4, -0.2) is 33.1 Å². The van der Waals surface area contributed by atoms with Crippen LogP contribution in [0.1, 0.15) is 42.1 Å². The summed E-state index contributed by atoms with van der Waals surface area (Å²) in [6.45, 7) is 1.91.